The van der Waals surface area contributed by atoms with E-state index in [1.165, 1.54) is 36.8 Å². The molecule has 0 bridgehead atoms. The van der Waals surface area contributed by atoms with Crippen molar-refractivity contribution >= 4 is 0 Å². The normalized spacial score (nSPS) is 23.5. The Balaban J connectivity index is 1.55. The number of hydrogen-bond acceptors (Lipinski definition) is 4. The molecule has 0 radical (unpaired) electrons. The topological polar surface area (TPSA) is 46.9 Å². The number of phenols is 2. The Morgan fingerprint density at radius 1 is 0.778 bits per heavy atom. The Morgan fingerprint density at radius 3 is 1.67 bits per heavy atom. The van der Waals surface area contributed by atoms with Crippen molar-refractivity contribution in [3.63, 3.8) is 0 Å². The highest BCUT2D eigenvalue weighted by atomic mass is 16.3. The van der Waals surface area contributed by atoms with E-state index >= 15 is 0 Å². The van der Waals surface area contributed by atoms with Crippen molar-refractivity contribution in [2.24, 2.45) is 0 Å². The highest BCUT2D eigenvalue weighted by Gasteiger charge is 2.41. The van der Waals surface area contributed by atoms with Crippen LogP contribution in [0.2, 0.25) is 0 Å². The van der Waals surface area contributed by atoms with Crippen molar-refractivity contribution < 1.29 is 10.2 Å². The van der Waals surface area contributed by atoms with Gasteiger partial charge in [0, 0.05) is 36.3 Å². The molecule has 4 heteroatoms. The van der Waals surface area contributed by atoms with Crippen molar-refractivity contribution in [2.45, 2.75) is 64.7 Å². The molecule has 2 aliphatic rings. The van der Waals surface area contributed by atoms with Crippen LogP contribution in [-0.4, -0.2) is 38.8 Å². The molecular weight excluding hydrogens is 336 g/mol. The number of nitrogens with zero attached hydrogens (tertiary/aromatic N) is 2. The van der Waals surface area contributed by atoms with E-state index in [1.54, 1.807) is 0 Å². The first-order chi connectivity index (χ1) is 13.0. The molecule has 1 heterocycles. The second kappa shape index (κ2) is 7.53. The van der Waals surface area contributed by atoms with Gasteiger partial charge in [-0.15, -0.1) is 0 Å². The summed E-state index contributed by atoms with van der Waals surface area (Å²) in [7, 11) is 0. The van der Waals surface area contributed by atoms with Gasteiger partial charge in [-0.1, -0.05) is 48.2 Å². The van der Waals surface area contributed by atoms with Gasteiger partial charge in [-0.05, 0) is 38.8 Å². The van der Waals surface area contributed by atoms with Crippen molar-refractivity contribution in [2.75, 3.05) is 6.67 Å². The SMILES string of the molecule is Cc1ccc(O)c(CN2CN(Cc3cc(C)ccc3O)[C@H]3CCCC[C@H]32)c1. The van der Waals surface area contributed by atoms with Crippen LogP contribution in [0.3, 0.4) is 0 Å². The molecule has 144 valence electrons. The van der Waals surface area contributed by atoms with E-state index in [2.05, 4.69) is 35.8 Å². The van der Waals surface area contributed by atoms with Crippen molar-refractivity contribution in [3.8, 4) is 11.5 Å². The quantitative estimate of drug-likeness (QED) is 0.847. The van der Waals surface area contributed by atoms with Crippen LogP contribution >= 0.6 is 0 Å². The van der Waals surface area contributed by atoms with Gasteiger partial charge in [-0.2, -0.15) is 0 Å². The average Bonchev–Trinajstić information content (AvgIpc) is 2.99. The summed E-state index contributed by atoms with van der Waals surface area (Å²) in [5.41, 5.74) is 4.40. The lowest BCUT2D eigenvalue weighted by Crippen LogP contribution is -2.39. The summed E-state index contributed by atoms with van der Waals surface area (Å²) in [6.45, 7) is 6.60. The minimum atomic E-state index is 0.391. The van der Waals surface area contributed by atoms with Gasteiger partial charge >= 0.3 is 0 Å². The predicted octanol–water partition coefficient (Wildman–Crippen LogP) is 4.30. The average molecular weight is 367 g/mol. The molecule has 0 amide bonds. The Labute approximate surface area is 162 Å². The minimum Gasteiger partial charge on any atom is -0.508 e. The molecule has 0 spiro atoms. The van der Waals surface area contributed by atoms with Gasteiger partial charge in [0.2, 0.25) is 0 Å². The highest BCUT2D eigenvalue weighted by Crippen LogP contribution is 2.36. The molecule has 2 N–H and O–H groups in total. The van der Waals surface area contributed by atoms with Crippen LogP contribution in [-0.2, 0) is 13.1 Å². The maximum absolute atomic E-state index is 10.3. The number of phenolic OH excluding ortho intramolecular Hbond substituents is 2. The van der Waals surface area contributed by atoms with Crippen LogP contribution in [0, 0.1) is 13.8 Å². The number of aromatic hydroxyl groups is 2. The first-order valence-corrected chi connectivity index (χ1v) is 10.1. The summed E-state index contributed by atoms with van der Waals surface area (Å²) in [5.74, 6) is 0.783. The molecule has 1 saturated carbocycles. The fraction of sp³-hybridized carbons (Fsp3) is 0.478. The molecule has 0 unspecified atom stereocenters. The Morgan fingerprint density at radius 2 is 1.22 bits per heavy atom. The van der Waals surface area contributed by atoms with E-state index in [0.29, 0.717) is 23.6 Å². The molecule has 2 atom stereocenters. The lowest BCUT2D eigenvalue weighted by molar-refractivity contribution is 0.196. The number of hydrogen-bond donors (Lipinski definition) is 2. The molecule has 2 fully saturated rings. The van der Waals surface area contributed by atoms with Gasteiger partial charge in [0.05, 0.1) is 6.67 Å². The summed E-state index contributed by atoms with van der Waals surface area (Å²) < 4.78 is 0. The second-order valence-corrected chi connectivity index (χ2v) is 8.32. The fourth-order valence-electron chi connectivity index (χ4n) is 4.84. The molecular formula is C23H30N2O2. The van der Waals surface area contributed by atoms with Crippen LogP contribution in [0.5, 0.6) is 11.5 Å². The van der Waals surface area contributed by atoms with Crippen molar-refractivity contribution in [1.82, 2.24) is 9.80 Å². The van der Waals surface area contributed by atoms with Gasteiger partial charge in [0.15, 0.2) is 0 Å². The summed E-state index contributed by atoms with van der Waals surface area (Å²) >= 11 is 0. The molecule has 1 aliphatic heterocycles. The maximum Gasteiger partial charge on any atom is 0.120 e. The molecule has 4 nitrogen and oxygen atoms in total. The van der Waals surface area contributed by atoms with Crippen LogP contribution in [0.1, 0.15) is 47.9 Å². The Bertz CT molecular complexity index is 753. The van der Waals surface area contributed by atoms with E-state index in [4.69, 9.17) is 0 Å². The standard InChI is InChI=1S/C23H30N2O2/c1-16-7-9-22(26)18(11-16)13-24-15-25(21-6-4-3-5-20(21)24)14-19-12-17(2)8-10-23(19)27/h7-12,20-21,26-27H,3-6,13-15H2,1-2H3/t20-,21+. The zero-order chi connectivity index (χ0) is 19.0. The smallest absolute Gasteiger partial charge is 0.120 e. The van der Waals surface area contributed by atoms with E-state index in [9.17, 15) is 10.2 Å². The fourth-order valence-corrected chi connectivity index (χ4v) is 4.84. The maximum atomic E-state index is 10.3. The lowest BCUT2D eigenvalue weighted by Gasteiger charge is -2.32. The molecule has 0 aromatic heterocycles. The third kappa shape index (κ3) is 3.83. The van der Waals surface area contributed by atoms with E-state index < -0.39 is 0 Å². The lowest BCUT2D eigenvalue weighted by atomic mass is 9.89. The molecule has 1 aliphatic carbocycles. The van der Waals surface area contributed by atoms with E-state index in [-0.39, 0.29) is 0 Å². The second-order valence-electron chi connectivity index (χ2n) is 8.32. The van der Waals surface area contributed by atoms with Gasteiger partial charge in [0.25, 0.3) is 0 Å². The van der Waals surface area contributed by atoms with Crippen LogP contribution in [0.4, 0.5) is 0 Å². The number of benzene rings is 2. The van der Waals surface area contributed by atoms with E-state index in [0.717, 1.165) is 30.9 Å². The van der Waals surface area contributed by atoms with Gasteiger partial charge < -0.3 is 10.2 Å². The summed E-state index contributed by atoms with van der Waals surface area (Å²) in [5, 5.41) is 20.6. The zero-order valence-corrected chi connectivity index (χ0v) is 16.4. The monoisotopic (exact) mass is 366 g/mol. The largest absolute Gasteiger partial charge is 0.508 e. The first-order valence-electron chi connectivity index (χ1n) is 10.1. The van der Waals surface area contributed by atoms with Crippen LogP contribution < -0.4 is 0 Å². The predicted molar refractivity (Wildman–Crippen MR) is 108 cm³/mol. The molecule has 2 aromatic rings. The Hall–Kier alpha value is -2.04. The summed E-state index contributed by atoms with van der Waals surface area (Å²) in [4.78, 5) is 5.04. The van der Waals surface area contributed by atoms with E-state index in [1.807, 2.05) is 24.3 Å². The number of rotatable bonds is 4. The Kier molecular flexibility index (Phi) is 5.11. The van der Waals surface area contributed by atoms with Crippen molar-refractivity contribution in [3.05, 3.63) is 58.7 Å². The highest BCUT2D eigenvalue weighted by molar-refractivity contribution is 5.37. The molecule has 2 aromatic carbocycles. The van der Waals surface area contributed by atoms with Gasteiger partial charge in [0.1, 0.15) is 11.5 Å². The molecule has 27 heavy (non-hydrogen) atoms. The summed E-state index contributed by atoms with van der Waals surface area (Å²) in [6.07, 6.45) is 4.99. The summed E-state index contributed by atoms with van der Waals surface area (Å²) in [6, 6.07) is 12.8. The van der Waals surface area contributed by atoms with Crippen molar-refractivity contribution in [1.29, 1.82) is 0 Å². The van der Waals surface area contributed by atoms with Gasteiger partial charge in [-0.25, -0.2) is 0 Å². The molecule has 4 rings (SSSR count). The third-order valence-electron chi connectivity index (χ3n) is 6.21. The zero-order valence-electron chi connectivity index (χ0n) is 16.4. The van der Waals surface area contributed by atoms with Crippen LogP contribution in [0.15, 0.2) is 36.4 Å². The first kappa shape index (κ1) is 18.3. The minimum absolute atomic E-state index is 0.391. The number of fused-ring (bicyclic) bond motifs is 1. The third-order valence-corrected chi connectivity index (χ3v) is 6.21. The van der Waals surface area contributed by atoms with Crippen LogP contribution in [0.25, 0.3) is 0 Å². The number of aryl methyl sites for hydroxylation is 2. The molecule has 1 saturated heterocycles. The van der Waals surface area contributed by atoms with Gasteiger partial charge in [-0.3, -0.25) is 9.80 Å².